The summed E-state index contributed by atoms with van der Waals surface area (Å²) >= 11 is 3.24. The van der Waals surface area contributed by atoms with Crippen LogP contribution in [0.4, 0.5) is 5.82 Å². The molecule has 0 unspecified atom stereocenters. The van der Waals surface area contributed by atoms with Gasteiger partial charge in [-0.25, -0.2) is 13.4 Å². The average molecular weight is 342 g/mol. The maximum absolute atomic E-state index is 12.2. The number of rotatable bonds is 4. The second kappa shape index (κ2) is 5.68. The van der Waals surface area contributed by atoms with Crippen molar-refractivity contribution in [1.29, 1.82) is 0 Å². The summed E-state index contributed by atoms with van der Waals surface area (Å²) in [7, 11) is -3.64. The SMILES string of the molecule is NCc1cccc(S(=O)(=O)Nc2ccc(Br)cn2)c1. The molecule has 0 atom stereocenters. The number of sulfonamides is 1. The van der Waals surface area contributed by atoms with Crippen LogP contribution in [0.25, 0.3) is 0 Å². The molecule has 3 N–H and O–H groups in total. The Morgan fingerprint density at radius 3 is 2.68 bits per heavy atom. The van der Waals surface area contributed by atoms with Gasteiger partial charge in [-0.1, -0.05) is 12.1 Å². The number of nitrogens with two attached hydrogens (primary N) is 1. The first-order valence-corrected chi connectivity index (χ1v) is 7.72. The van der Waals surface area contributed by atoms with E-state index in [0.717, 1.165) is 10.0 Å². The van der Waals surface area contributed by atoms with Crippen molar-refractivity contribution in [1.82, 2.24) is 4.98 Å². The summed E-state index contributed by atoms with van der Waals surface area (Å²) in [6.07, 6.45) is 1.52. The molecule has 0 amide bonds. The third kappa shape index (κ3) is 3.52. The van der Waals surface area contributed by atoms with E-state index in [1.54, 1.807) is 30.3 Å². The number of halogens is 1. The molecule has 0 aliphatic rings. The number of benzene rings is 1. The van der Waals surface area contributed by atoms with Crippen molar-refractivity contribution in [2.45, 2.75) is 11.4 Å². The van der Waals surface area contributed by atoms with Crippen LogP contribution in [0.15, 0.2) is 52.0 Å². The van der Waals surface area contributed by atoms with Crippen LogP contribution >= 0.6 is 15.9 Å². The third-order valence-electron chi connectivity index (χ3n) is 2.41. The van der Waals surface area contributed by atoms with Gasteiger partial charge < -0.3 is 5.73 Å². The summed E-state index contributed by atoms with van der Waals surface area (Å²) in [5.74, 6) is 0.265. The molecule has 0 spiro atoms. The molecular formula is C12H12BrN3O2S. The fourth-order valence-electron chi connectivity index (χ4n) is 1.47. The first kappa shape index (κ1) is 14.0. The Morgan fingerprint density at radius 1 is 1.26 bits per heavy atom. The Morgan fingerprint density at radius 2 is 2.05 bits per heavy atom. The second-order valence-electron chi connectivity index (χ2n) is 3.82. The second-order valence-corrected chi connectivity index (χ2v) is 6.42. The highest BCUT2D eigenvalue weighted by atomic mass is 79.9. The topological polar surface area (TPSA) is 85.1 Å². The lowest BCUT2D eigenvalue weighted by atomic mass is 10.2. The molecule has 100 valence electrons. The number of pyridine rings is 1. The first-order valence-electron chi connectivity index (χ1n) is 5.44. The van der Waals surface area contributed by atoms with Gasteiger partial charge in [0.05, 0.1) is 4.90 Å². The smallest absolute Gasteiger partial charge is 0.263 e. The van der Waals surface area contributed by atoms with Crippen molar-refractivity contribution in [3.8, 4) is 0 Å². The van der Waals surface area contributed by atoms with Gasteiger partial charge in [0, 0.05) is 17.2 Å². The van der Waals surface area contributed by atoms with E-state index < -0.39 is 10.0 Å². The predicted molar refractivity (Wildman–Crippen MR) is 77.1 cm³/mol. The molecule has 0 bridgehead atoms. The third-order valence-corrected chi connectivity index (χ3v) is 4.23. The minimum atomic E-state index is -3.64. The quantitative estimate of drug-likeness (QED) is 0.891. The van der Waals surface area contributed by atoms with Crippen molar-refractivity contribution in [2.24, 2.45) is 5.73 Å². The van der Waals surface area contributed by atoms with Gasteiger partial charge in [0.25, 0.3) is 10.0 Å². The maximum Gasteiger partial charge on any atom is 0.263 e. The summed E-state index contributed by atoms with van der Waals surface area (Å²) in [5.41, 5.74) is 6.25. The van der Waals surface area contributed by atoms with Gasteiger partial charge in [0.1, 0.15) is 5.82 Å². The minimum Gasteiger partial charge on any atom is -0.326 e. The molecule has 5 nitrogen and oxygen atoms in total. The van der Waals surface area contributed by atoms with Gasteiger partial charge in [-0.05, 0) is 45.8 Å². The van der Waals surface area contributed by atoms with Crippen molar-refractivity contribution in [3.63, 3.8) is 0 Å². The van der Waals surface area contributed by atoms with Crippen LogP contribution in [0.1, 0.15) is 5.56 Å². The van der Waals surface area contributed by atoms with Gasteiger partial charge in [0.15, 0.2) is 0 Å². The summed E-state index contributed by atoms with van der Waals surface area (Å²) in [4.78, 5) is 4.14. The number of nitrogens with one attached hydrogen (secondary N) is 1. The Bertz CT molecular complexity index is 672. The summed E-state index contributed by atoms with van der Waals surface area (Å²) in [6.45, 7) is 0.292. The van der Waals surface area contributed by atoms with Crippen LogP contribution in [-0.2, 0) is 16.6 Å². The predicted octanol–water partition coefficient (Wildman–Crippen LogP) is 2.10. The lowest BCUT2D eigenvalue weighted by Crippen LogP contribution is -2.14. The molecule has 1 aromatic carbocycles. The van der Waals surface area contributed by atoms with Gasteiger partial charge in [-0.15, -0.1) is 0 Å². The molecule has 0 saturated heterocycles. The lowest BCUT2D eigenvalue weighted by molar-refractivity contribution is 0.601. The molecule has 1 aromatic heterocycles. The molecule has 7 heteroatoms. The molecular weight excluding hydrogens is 330 g/mol. The van der Waals surface area contributed by atoms with E-state index in [1.807, 2.05) is 0 Å². The summed E-state index contributed by atoms with van der Waals surface area (Å²) < 4.78 is 27.5. The van der Waals surface area contributed by atoms with E-state index in [-0.39, 0.29) is 10.7 Å². The largest absolute Gasteiger partial charge is 0.326 e. The molecule has 19 heavy (non-hydrogen) atoms. The van der Waals surface area contributed by atoms with E-state index in [0.29, 0.717) is 6.54 Å². The Kier molecular flexibility index (Phi) is 4.18. The van der Waals surface area contributed by atoms with E-state index in [4.69, 9.17) is 5.73 Å². The summed E-state index contributed by atoms with van der Waals surface area (Å²) in [5, 5.41) is 0. The van der Waals surface area contributed by atoms with Crippen molar-refractivity contribution in [2.75, 3.05) is 4.72 Å². The summed E-state index contributed by atoms with van der Waals surface area (Å²) in [6, 6.07) is 9.78. The minimum absolute atomic E-state index is 0.167. The normalized spacial score (nSPS) is 11.3. The number of nitrogens with zero attached hydrogens (tertiary/aromatic N) is 1. The fraction of sp³-hybridized carbons (Fsp3) is 0.0833. The van der Waals surface area contributed by atoms with Crippen LogP contribution in [-0.4, -0.2) is 13.4 Å². The van der Waals surface area contributed by atoms with Crippen molar-refractivity contribution in [3.05, 3.63) is 52.6 Å². The highest BCUT2D eigenvalue weighted by Gasteiger charge is 2.14. The zero-order valence-electron chi connectivity index (χ0n) is 9.88. The van der Waals surface area contributed by atoms with Crippen LogP contribution in [0, 0.1) is 0 Å². The number of aromatic nitrogens is 1. The van der Waals surface area contributed by atoms with Crippen LogP contribution < -0.4 is 10.5 Å². The Hall–Kier alpha value is -1.44. The highest BCUT2D eigenvalue weighted by Crippen LogP contribution is 2.17. The Balaban J connectivity index is 2.29. The van der Waals surface area contributed by atoms with Gasteiger partial charge >= 0.3 is 0 Å². The molecule has 0 fully saturated rings. The number of anilines is 1. The molecule has 2 rings (SSSR count). The zero-order valence-corrected chi connectivity index (χ0v) is 12.3. The lowest BCUT2D eigenvalue weighted by Gasteiger charge is -2.08. The highest BCUT2D eigenvalue weighted by molar-refractivity contribution is 9.10. The molecule has 2 aromatic rings. The first-order chi connectivity index (χ1) is 9.01. The number of hydrogen-bond acceptors (Lipinski definition) is 4. The molecule has 0 radical (unpaired) electrons. The van der Waals surface area contributed by atoms with Crippen LogP contribution in [0.3, 0.4) is 0 Å². The fourth-order valence-corrected chi connectivity index (χ4v) is 2.79. The van der Waals surface area contributed by atoms with E-state index in [1.165, 1.54) is 12.3 Å². The van der Waals surface area contributed by atoms with E-state index in [9.17, 15) is 8.42 Å². The van der Waals surface area contributed by atoms with E-state index >= 15 is 0 Å². The van der Waals surface area contributed by atoms with Gasteiger partial charge in [-0.2, -0.15) is 0 Å². The maximum atomic E-state index is 12.2. The van der Waals surface area contributed by atoms with Gasteiger partial charge in [-0.3, -0.25) is 4.72 Å². The average Bonchev–Trinajstić information content (AvgIpc) is 2.41. The van der Waals surface area contributed by atoms with Crippen LogP contribution in [0.2, 0.25) is 0 Å². The number of hydrogen-bond donors (Lipinski definition) is 2. The van der Waals surface area contributed by atoms with E-state index in [2.05, 4.69) is 25.6 Å². The van der Waals surface area contributed by atoms with Gasteiger partial charge in [0.2, 0.25) is 0 Å². The molecule has 0 saturated carbocycles. The van der Waals surface area contributed by atoms with Crippen molar-refractivity contribution < 1.29 is 8.42 Å². The standard InChI is InChI=1S/C12H12BrN3O2S/c13-10-4-5-12(15-8-10)16-19(17,18)11-3-1-2-9(6-11)7-14/h1-6,8H,7,14H2,(H,15,16). The monoisotopic (exact) mass is 341 g/mol. The zero-order chi connectivity index (χ0) is 13.9. The molecule has 1 heterocycles. The molecule has 0 aliphatic carbocycles. The van der Waals surface area contributed by atoms with Crippen LogP contribution in [0.5, 0.6) is 0 Å². The Labute approximate surface area is 120 Å². The van der Waals surface area contributed by atoms with Crippen molar-refractivity contribution >= 4 is 31.8 Å². The molecule has 0 aliphatic heterocycles.